The standard InChI is InChI=1S/C25H42N2O5/c1-6-19(12-13-25(5)30-14-15-31-25)17-26-18-22(28)21(16-20-10-8-7-9-11-20)27-23(29)32-24(2,3)4/h7-11,19,21-22,26,28H,6,12-18H2,1-5H3,(H,27,29)/t19?,21-,22+/m0/s1. The molecule has 1 heterocycles. The van der Waals surface area contributed by atoms with Crippen LogP contribution in [-0.4, -0.2) is 61.0 Å². The number of carbonyl (C=O) groups excluding carboxylic acids is 1. The van der Waals surface area contributed by atoms with Gasteiger partial charge in [-0.3, -0.25) is 0 Å². The van der Waals surface area contributed by atoms with Crippen molar-refractivity contribution in [3.05, 3.63) is 35.9 Å². The van der Waals surface area contributed by atoms with Gasteiger partial charge in [0.25, 0.3) is 0 Å². The van der Waals surface area contributed by atoms with E-state index in [1.165, 1.54) is 0 Å². The minimum atomic E-state index is -0.751. The Balaban J connectivity index is 1.86. The molecule has 7 nitrogen and oxygen atoms in total. The van der Waals surface area contributed by atoms with E-state index in [4.69, 9.17) is 14.2 Å². The number of amides is 1. The van der Waals surface area contributed by atoms with E-state index in [0.717, 1.165) is 31.4 Å². The van der Waals surface area contributed by atoms with Gasteiger partial charge in [-0.1, -0.05) is 43.7 Å². The van der Waals surface area contributed by atoms with Crippen LogP contribution < -0.4 is 10.6 Å². The second kappa shape index (κ2) is 12.5. The number of benzene rings is 1. The van der Waals surface area contributed by atoms with E-state index >= 15 is 0 Å². The first-order valence-corrected chi connectivity index (χ1v) is 11.8. The summed E-state index contributed by atoms with van der Waals surface area (Å²) in [7, 11) is 0. The smallest absolute Gasteiger partial charge is 0.407 e. The van der Waals surface area contributed by atoms with Crippen LogP contribution in [0.2, 0.25) is 0 Å². The molecule has 0 bridgehead atoms. The molecule has 2 rings (SSSR count). The Labute approximate surface area is 193 Å². The van der Waals surface area contributed by atoms with Crippen molar-refractivity contribution in [2.75, 3.05) is 26.3 Å². The van der Waals surface area contributed by atoms with E-state index in [-0.39, 0.29) is 0 Å². The van der Waals surface area contributed by atoms with Gasteiger partial charge in [0.15, 0.2) is 5.79 Å². The topological polar surface area (TPSA) is 89.0 Å². The number of hydrogen-bond donors (Lipinski definition) is 3. The van der Waals surface area contributed by atoms with Gasteiger partial charge in [-0.15, -0.1) is 0 Å². The Morgan fingerprint density at radius 2 is 1.84 bits per heavy atom. The van der Waals surface area contributed by atoms with E-state index < -0.39 is 29.6 Å². The van der Waals surface area contributed by atoms with Gasteiger partial charge in [0.2, 0.25) is 0 Å². The summed E-state index contributed by atoms with van der Waals surface area (Å²) in [6.07, 6.45) is 2.12. The van der Waals surface area contributed by atoms with Crippen LogP contribution in [0.3, 0.4) is 0 Å². The molecule has 1 unspecified atom stereocenters. The highest BCUT2D eigenvalue weighted by Gasteiger charge is 2.31. The number of carbonyl (C=O) groups is 1. The van der Waals surface area contributed by atoms with E-state index in [0.29, 0.717) is 32.1 Å². The van der Waals surface area contributed by atoms with Gasteiger partial charge in [-0.25, -0.2) is 4.79 Å². The Morgan fingerprint density at radius 3 is 2.44 bits per heavy atom. The van der Waals surface area contributed by atoms with Gasteiger partial charge in [0, 0.05) is 13.0 Å². The van der Waals surface area contributed by atoms with Gasteiger partial charge in [-0.2, -0.15) is 0 Å². The summed E-state index contributed by atoms with van der Waals surface area (Å²) < 4.78 is 16.8. The first-order chi connectivity index (χ1) is 15.1. The molecule has 0 aliphatic carbocycles. The van der Waals surface area contributed by atoms with E-state index in [9.17, 15) is 9.90 Å². The van der Waals surface area contributed by atoms with Crippen LogP contribution in [0.25, 0.3) is 0 Å². The molecule has 0 spiro atoms. The summed E-state index contributed by atoms with van der Waals surface area (Å²) in [5.74, 6) is -0.0105. The fourth-order valence-electron chi connectivity index (χ4n) is 3.81. The minimum Gasteiger partial charge on any atom is -0.444 e. The fraction of sp³-hybridized carbons (Fsp3) is 0.720. The molecule has 1 saturated heterocycles. The quantitative estimate of drug-likeness (QED) is 0.451. The number of hydrogen-bond acceptors (Lipinski definition) is 6. The van der Waals surface area contributed by atoms with Crippen LogP contribution in [0.15, 0.2) is 30.3 Å². The number of nitrogens with one attached hydrogen (secondary N) is 2. The van der Waals surface area contributed by atoms with Crippen molar-refractivity contribution in [3.8, 4) is 0 Å². The molecule has 3 N–H and O–H groups in total. The summed E-state index contributed by atoms with van der Waals surface area (Å²) in [5, 5.41) is 17.1. The predicted octanol–water partition coefficient (Wildman–Crippen LogP) is 3.64. The van der Waals surface area contributed by atoms with E-state index in [1.54, 1.807) is 0 Å². The lowest BCUT2D eigenvalue weighted by atomic mass is 9.96. The molecule has 0 aromatic heterocycles. The van der Waals surface area contributed by atoms with Crippen molar-refractivity contribution in [1.29, 1.82) is 0 Å². The Bertz CT molecular complexity index is 671. The molecule has 0 saturated carbocycles. The summed E-state index contributed by atoms with van der Waals surface area (Å²) in [6.45, 7) is 12.1. The van der Waals surface area contributed by atoms with Crippen LogP contribution >= 0.6 is 0 Å². The van der Waals surface area contributed by atoms with Crippen molar-refractivity contribution in [2.24, 2.45) is 5.92 Å². The zero-order valence-electron chi connectivity index (χ0n) is 20.4. The van der Waals surface area contributed by atoms with Gasteiger partial charge in [0.05, 0.1) is 25.4 Å². The summed E-state index contributed by atoms with van der Waals surface area (Å²) in [4.78, 5) is 12.3. The lowest BCUT2D eigenvalue weighted by Gasteiger charge is -2.28. The van der Waals surface area contributed by atoms with Crippen LogP contribution in [-0.2, 0) is 20.6 Å². The third-order valence-corrected chi connectivity index (χ3v) is 5.73. The molecular formula is C25H42N2O5. The Morgan fingerprint density at radius 1 is 1.19 bits per heavy atom. The fourth-order valence-corrected chi connectivity index (χ4v) is 3.81. The van der Waals surface area contributed by atoms with Crippen molar-refractivity contribution in [1.82, 2.24) is 10.6 Å². The first kappa shape index (κ1) is 26.6. The zero-order chi connectivity index (χ0) is 23.6. The van der Waals surface area contributed by atoms with Crippen LogP contribution in [0, 0.1) is 5.92 Å². The number of aliphatic hydroxyl groups is 1. The highest BCUT2D eigenvalue weighted by molar-refractivity contribution is 5.68. The molecular weight excluding hydrogens is 408 g/mol. The molecule has 1 amide bonds. The molecule has 1 aliphatic rings. The lowest BCUT2D eigenvalue weighted by Crippen LogP contribution is -2.50. The minimum absolute atomic E-state index is 0.383. The third-order valence-electron chi connectivity index (χ3n) is 5.73. The Kier molecular flexibility index (Phi) is 10.4. The average molecular weight is 451 g/mol. The average Bonchev–Trinajstić information content (AvgIpc) is 3.16. The molecule has 182 valence electrons. The molecule has 1 aromatic carbocycles. The van der Waals surface area contributed by atoms with Crippen molar-refractivity contribution in [3.63, 3.8) is 0 Å². The molecule has 7 heteroatoms. The van der Waals surface area contributed by atoms with Crippen molar-refractivity contribution < 1.29 is 24.1 Å². The lowest BCUT2D eigenvalue weighted by molar-refractivity contribution is -0.149. The summed E-state index contributed by atoms with van der Waals surface area (Å²) in [5.41, 5.74) is 0.450. The van der Waals surface area contributed by atoms with Crippen LogP contribution in [0.1, 0.15) is 59.4 Å². The maximum atomic E-state index is 12.3. The largest absolute Gasteiger partial charge is 0.444 e. The third kappa shape index (κ3) is 9.86. The first-order valence-electron chi connectivity index (χ1n) is 11.8. The van der Waals surface area contributed by atoms with Gasteiger partial charge >= 0.3 is 6.09 Å². The molecule has 1 fully saturated rings. The number of alkyl carbamates (subject to hydrolysis) is 1. The molecule has 0 radical (unpaired) electrons. The van der Waals surface area contributed by atoms with Gasteiger partial charge in [-0.05, 0) is 58.6 Å². The van der Waals surface area contributed by atoms with Gasteiger partial charge in [0.1, 0.15) is 5.60 Å². The molecule has 3 atom stereocenters. The highest BCUT2D eigenvalue weighted by atomic mass is 16.7. The predicted molar refractivity (Wildman–Crippen MR) is 126 cm³/mol. The van der Waals surface area contributed by atoms with Gasteiger partial charge < -0.3 is 30.0 Å². The second-order valence-corrected chi connectivity index (χ2v) is 9.81. The number of rotatable bonds is 12. The second-order valence-electron chi connectivity index (χ2n) is 9.81. The SMILES string of the molecule is CCC(CCC1(C)OCCO1)CNC[C@@H](O)[C@H](Cc1ccccc1)NC(=O)OC(C)(C)C. The maximum absolute atomic E-state index is 12.3. The van der Waals surface area contributed by atoms with Crippen LogP contribution in [0.4, 0.5) is 4.79 Å². The number of aliphatic hydroxyl groups excluding tert-OH is 1. The zero-order valence-corrected chi connectivity index (χ0v) is 20.4. The maximum Gasteiger partial charge on any atom is 0.407 e. The van der Waals surface area contributed by atoms with E-state index in [1.807, 2.05) is 58.0 Å². The Hall–Kier alpha value is -1.67. The van der Waals surface area contributed by atoms with Crippen molar-refractivity contribution >= 4 is 6.09 Å². The van der Waals surface area contributed by atoms with Crippen LogP contribution in [0.5, 0.6) is 0 Å². The monoisotopic (exact) mass is 450 g/mol. The molecule has 32 heavy (non-hydrogen) atoms. The normalized spacial score (nSPS) is 18.7. The summed E-state index contributed by atoms with van der Waals surface area (Å²) in [6, 6.07) is 9.38. The highest BCUT2D eigenvalue weighted by Crippen LogP contribution is 2.26. The summed E-state index contributed by atoms with van der Waals surface area (Å²) >= 11 is 0. The van der Waals surface area contributed by atoms with Crippen molar-refractivity contribution in [2.45, 2.75) is 83.8 Å². The molecule has 1 aliphatic heterocycles. The molecule has 1 aromatic rings. The number of ether oxygens (including phenoxy) is 3. The van der Waals surface area contributed by atoms with E-state index in [2.05, 4.69) is 17.6 Å².